The Morgan fingerprint density at radius 1 is 0.914 bits per heavy atom. The zero-order valence-corrected chi connectivity index (χ0v) is 19.8. The normalized spacial score (nSPS) is 11.5. The van der Waals surface area contributed by atoms with Crippen molar-refractivity contribution in [2.75, 3.05) is 6.26 Å². The minimum Gasteiger partial charge on any atom is -0.268 e. The number of aromatic nitrogens is 5. The molecule has 0 saturated carbocycles. The lowest BCUT2D eigenvalue weighted by molar-refractivity contribution is 0.0981. The van der Waals surface area contributed by atoms with Gasteiger partial charge in [0.25, 0.3) is 5.91 Å². The van der Waals surface area contributed by atoms with Crippen LogP contribution in [0.1, 0.15) is 10.4 Å². The van der Waals surface area contributed by atoms with Gasteiger partial charge in [0, 0.05) is 34.1 Å². The Morgan fingerprint density at radius 2 is 1.63 bits per heavy atom. The van der Waals surface area contributed by atoms with Crippen molar-refractivity contribution in [1.29, 1.82) is 0 Å². The molecule has 0 aliphatic heterocycles. The molecular weight excluding hydrogens is 488 g/mol. The molecule has 0 unspecified atom stereocenters. The Labute approximate surface area is 205 Å². The smallest absolute Gasteiger partial charge is 0.264 e. The summed E-state index contributed by atoms with van der Waals surface area (Å²) in [6.07, 6.45) is 4.15. The molecule has 3 aromatic carbocycles. The first-order valence-electron chi connectivity index (χ1n) is 10.3. The second-order valence-electron chi connectivity index (χ2n) is 7.69. The van der Waals surface area contributed by atoms with E-state index in [1.165, 1.54) is 6.07 Å². The summed E-state index contributed by atoms with van der Waals surface area (Å²) < 4.78 is 26.6. The summed E-state index contributed by atoms with van der Waals surface area (Å²) in [7, 11) is -3.71. The van der Waals surface area contributed by atoms with Crippen molar-refractivity contribution in [1.82, 2.24) is 29.5 Å². The first kappa shape index (κ1) is 22.6. The maximum Gasteiger partial charge on any atom is 0.264 e. The van der Waals surface area contributed by atoms with Gasteiger partial charge in [-0.2, -0.15) is 0 Å². The van der Waals surface area contributed by atoms with Crippen molar-refractivity contribution < 1.29 is 13.2 Å². The number of carbonyl (C=O) groups is 1. The SMILES string of the molecule is CS(=O)(=O)NC(=O)c1cccc(-n2nc(-c3ccc(Cl)cc3)nc2-c2ccc3nccnc3c2)c1. The van der Waals surface area contributed by atoms with Crippen LogP contribution in [0.2, 0.25) is 5.02 Å². The first-order chi connectivity index (χ1) is 16.8. The molecule has 0 aliphatic rings. The number of fused-ring (bicyclic) bond motifs is 1. The quantitative estimate of drug-likeness (QED) is 0.385. The highest BCUT2D eigenvalue weighted by atomic mass is 35.5. The summed E-state index contributed by atoms with van der Waals surface area (Å²) in [6, 6.07) is 19.2. The molecule has 2 heterocycles. The lowest BCUT2D eigenvalue weighted by Crippen LogP contribution is -2.29. The third-order valence-electron chi connectivity index (χ3n) is 5.07. The van der Waals surface area contributed by atoms with Gasteiger partial charge in [0.1, 0.15) is 0 Å². The Hall–Kier alpha value is -4.15. The van der Waals surface area contributed by atoms with E-state index in [1.54, 1.807) is 47.4 Å². The number of sulfonamides is 1. The molecule has 1 amide bonds. The molecule has 35 heavy (non-hydrogen) atoms. The molecule has 0 fully saturated rings. The molecule has 11 heteroatoms. The molecule has 0 radical (unpaired) electrons. The highest BCUT2D eigenvalue weighted by molar-refractivity contribution is 7.89. The highest BCUT2D eigenvalue weighted by Gasteiger charge is 2.18. The molecule has 0 bridgehead atoms. The van der Waals surface area contributed by atoms with Gasteiger partial charge in [0.15, 0.2) is 11.6 Å². The lowest BCUT2D eigenvalue weighted by Gasteiger charge is -2.09. The van der Waals surface area contributed by atoms with Crippen molar-refractivity contribution >= 4 is 38.6 Å². The number of benzene rings is 3. The summed E-state index contributed by atoms with van der Waals surface area (Å²) in [6.45, 7) is 0. The average molecular weight is 505 g/mol. The third kappa shape index (κ3) is 4.88. The van der Waals surface area contributed by atoms with Crippen molar-refractivity contribution in [3.05, 3.63) is 89.7 Å². The van der Waals surface area contributed by atoms with Crippen LogP contribution in [0.15, 0.2) is 79.1 Å². The molecular formula is C24H17ClN6O3S. The van der Waals surface area contributed by atoms with Crippen LogP contribution in [-0.2, 0) is 10.0 Å². The molecule has 2 aromatic heterocycles. The minimum absolute atomic E-state index is 0.159. The molecule has 0 spiro atoms. The number of rotatable bonds is 5. The van der Waals surface area contributed by atoms with E-state index in [2.05, 4.69) is 15.1 Å². The fraction of sp³-hybridized carbons (Fsp3) is 0.0417. The Balaban J connectivity index is 1.66. The summed E-state index contributed by atoms with van der Waals surface area (Å²) >= 11 is 6.04. The highest BCUT2D eigenvalue weighted by Crippen LogP contribution is 2.28. The fourth-order valence-corrected chi connectivity index (χ4v) is 4.09. The van der Waals surface area contributed by atoms with E-state index in [1.807, 2.05) is 35.1 Å². The van der Waals surface area contributed by atoms with Crippen molar-refractivity contribution in [3.8, 4) is 28.5 Å². The van der Waals surface area contributed by atoms with Crippen LogP contribution < -0.4 is 4.72 Å². The maximum absolute atomic E-state index is 12.4. The van der Waals surface area contributed by atoms with Crippen LogP contribution >= 0.6 is 11.6 Å². The second-order valence-corrected chi connectivity index (χ2v) is 9.88. The Bertz CT molecular complexity index is 1680. The van der Waals surface area contributed by atoms with E-state index in [4.69, 9.17) is 16.6 Å². The van der Waals surface area contributed by atoms with Crippen molar-refractivity contribution in [2.24, 2.45) is 0 Å². The molecule has 174 valence electrons. The number of nitrogens with zero attached hydrogens (tertiary/aromatic N) is 5. The third-order valence-corrected chi connectivity index (χ3v) is 5.88. The maximum atomic E-state index is 12.4. The standard InChI is InChI=1S/C24H17ClN6O3S/c1-35(33,34)30-24(32)17-3-2-4-19(13-17)31-23(16-7-10-20-21(14-16)27-12-11-26-20)28-22(29-31)15-5-8-18(25)9-6-15/h2-14H,1H3,(H,30,32). The number of nitrogens with one attached hydrogen (secondary N) is 1. The van der Waals surface area contributed by atoms with Crippen molar-refractivity contribution in [3.63, 3.8) is 0 Å². The fourth-order valence-electron chi connectivity index (χ4n) is 3.51. The summed E-state index contributed by atoms with van der Waals surface area (Å²) in [5.74, 6) is 0.208. The van der Waals surface area contributed by atoms with E-state index < -0.39 is 15.9 Å². The van der Waals surface area contributed by atoms with Gasteiger partial charge < -0.3 is 0 Å². The summed E-state index contributed by atoms with van der Waals surface area (Å²) in [4.78, 5) is 25.9. The predicted molar refractivity (Wildman–Crippen MR) is 133 cm³/mol. The van der Waals surface area contributed by atoms with E-state index in [0.29, 0.717) is 27.9 Å². The van der Waals surface area contributed by atoms with E-state index >= 15 is 0 Å². The summed E-state index contributed by atoms with van der Waals surface area (Å²) in [5, 5.41) is 5.28. The van der Waals surface area contributed by atoms with Crippen LogP contribution in [0.3, 0.4) is 0 Å². The molecule has 9 nitrogen and oxygen atoms in total. The van der Waals surface area contributed by atoms with Crippen LogP contribution in [0.25, 0.3) is 39.5 Å². The largest absolute Gasteiger partial charge is 0.268 e. The number of hydrogen-bond donors (Lipinski definition) is 1. The summed E-state index contributed by atoms with van der Waals surface area (Å²) in [5.41, 5.74) is 3.59. The van der Waals surface area contributed by atoms with Crippen LogP contribution in [0.4, 0.5) is 0 Å². The zero-order valence-electron chi connectivity index (χ0n) is 18.3. The van der Waals surface area contributed by atoms with Crippen molar-refractivity contribution in [2.45, 2.75) is 0 Å². The Kier molecular flexibility index (Phi) is 5.75. The predicted octanol–water partition coefficient (Wildman–Crippen LogP) is 3.89. The topological polar surface area (TPSA) is 120 Å². The molecule has 1 N–H and O–H groups in total. The average Bonchev–Trinajstić information content (AvgIpc) is 3.29. The van der Waals surface area contributed by atoms with Crippen LogP contribution in [-0.4, -0.2) is 45.3 Å². The molecule has 5 rings (SSSR count). The van der Waals surface area contributed by atoms with Gasteiger partial charge in [-0.1, -0.05) is 17.7 Å². The molecule has 0 aliphatic carbocycles. The lowest BCUT2D eigenvalue weighted by atomic mass is 10.1. The van der Waals surface area contributed by atoms with Crippen LogP contribution in [0.5, 0.6) is 0 Å². The van der Waals surface area contributed by atoms with E-state index in [9.17, 15) is 13.2 Å². The zero-order chi connectivity index (χ0) is 24.6. The molecule has 5 aromatic rings. The molecule has 0 saturated heterocycles. The van der Waals surface area contributed by atoms with Gasteiger partial charge >= 0.3 is 0 Å². The Morgan fingerprint density at radius 3 is 2.37 bits per heavy atom. The number of halogens is 1. The van der Waals surface area contributed by atoms with Gasteiger partial charge in [-0.15, -0.1) is 5.10 Å². The van der Waals surface area contributed by atoms with E-state index in [0.717, 1.165) is 22.9 Å². The van der Waals surface area contributed by atoms with Gasteiger partial charge in [-0.3, -0.25) is 14.8 Å². The van der Waals surface area contributed by atoms with Gasteiger partial charge in [-0.05, 0) is 60.7 Å². The van der Waals surface area contributed by atoms with Gasteiger partial charge in [0.05, 0.1) is 23.0 Å². The second kappa shape index (κ2) is 8.90. The van der Waals surface area contributed by atoms with Gasteiger partial charge in [-0.25, -0.2) is 22.8 Å². The number of carbonyl (C=O) groups excluding carboxylic acids is 1. The van der Waals surface area contributed by atoms with E-state index in [-0.39, 0.29) is 5.56 Å². The van der Waals surface area contributed by atoms with Crippen LogP contribution in [0, 0.1) is 0 Å². The monoisotopic (exact) mass is 504 g/mol. The number of amides is 1. The first-order valence-corrected chi connectivity index (χ1v) is 12.6. The molecule has 0 atom stereocenters. The van der Waals surface area contributed by atoms with Gasteiger partial charge in [0.2, 0.25) is 10.0 Å². The number of hydrogen-bond acceptors (Lipinski definition) is 7. The minimum atomic E-state index is -3.71.